The summed E-state index contributed by atoms with van der Waals surface area (Å²) in [6.07, 6.45) is 0. The quantitative estimate of drug-likeness (QED) is 0.288. The molecule has 0 saturated heterocycles. The van der Waals surface area contributed by atoms with Crippen LogP contribution in [0.5, 0.6) is 5.75 Å². The minimum absolute atomic E-state index is 0.0548. The number of carbonyl (C=O) groups excluding carboxylic acids is 2. The normalized spacial score (nSPS) is 10.4. The Hall–Kier alpha value is -4.01. The lowest BCUT2D eigenvalue weighted by molar-refractivity contribution is 0.0935. The lowest BCUT2D eigenvalue weighted by atomic mass is 10.0. The Kier molecular flexibility index (Phi) is 7.01. The van der Waals surface area contributed by atoms with Crippen molar-refractivity contribution in [3.05, 3.63) is 95.0 Å². The second-order valence-corrected chi connectivity index (χ2v) is 8.01. The number of nitrogens with one attached hydrogen (secondary N) is 3. The Morgan fingerprint density at radius 1 is 0.912 bits per heavy atom. The second-order valence-electron chi connectivity index (χ2n) is 7.17. The third-order valence-electron chi connectivity index (χ3n) is 4.97. The zero-order valence-electron chi connectivity index (χ0n) is 18.0. The van der Waals surface area contributed by atoms with Crippen LogP contribution >= 0.6 is 23.8 Å². The van der Waals surface area contributed by atoms with E-state index in [2.05, 4.69) is 21.2 Å². The van der Waals surface area contributed by atoms with Crippen LogP contribution in [0.25, 0.3) is 22.2 Å². The maximum Gasteiger partial charge on any atom is 0.269 e. The van der Waals surface area contributed by atoms with Crippen LogP contribution in [0.2, 0.25) is 5.02 Å². The van der Waals surface area contributed by atoms with Crippen LogP contribution in [0, 0.1) is 0 Å². The number of amides is 2. The van der Waals surface area contributed by atoms with Crippen LogP contribution in [0.4, 0.5) is 0 Å². The van der Waals surface area contributed by atoms with Crippen molar-refractivity contribution in [2.24, 2.45) is 0 Å². The SMILES string of the molecule is COc1ccc(C(=O)NNC(=S)NC(=O)c2cc(-c3ccc(Cl)cc3)nc3ccccc23)cc1. The number of rotatable bonds is 4. The van der Waals surface area contributed by atoms with Gasteiger partial charge in [0.2, 0.25) is 0 Å². The zero-order valence-corrected chi connectivity index (χ0v) is 19.5. The van der Waals surface area contributed by atoms with Gasteiger partial charge in [-0.2, -0.15) is 0 Å². The van der Waals surface area contributed by atoms with Crippen molar-refractivity contribution in [1.82, 2.24) is 21.2 Å². The molecule has 1 heterocycles. The fourth-order valence-electron chi connectivity index (χ4n) is 3.26. The minimum Gasteiger partial charge on any atom is -0.497 e. The van der Waals surface area contributed by atoms with Crippen LogP contribution in [-0.4, -0.2) is 29.0 Å². The second kappa shape index (κ2) is 10.3. The Morgan fingerprint density at radius 2 is 1.62 bits per heavy atom. The van der Waals surface area contributed by atoms with Gasteiger partial charge in [-0.3, -0.25) is 25.8 Å². The first kappa shape index (κ1) is 23.2. The van der Waals surface area contributed by atoms with Crippen LogP contribution in [0.1, 0.15) is 20.7 Å². The number of halogens is 1. The Balaban J connectivity index is 1.50. The van der Waals surface area contributed by atoms with E-state index in [9.17, 15) is 9.59 Å². The first-order valence-electron chi connectivity index (χ1n) is 10.2. The molecular weight excluding hydrogens is 472 g/mol. The van der Waals surface area contributed by atoms with Gasteiger partial charge in [-0.15, -0.1) is 0 Å². The molecule has 0 unspecified atom stereocenters. The summed E-state index contributed by atoms with van der Waals surface area (Å²) in [5, 5.41) is 3.82. The van der Waals surface area contributed by atoms with Gasteiger partial charge in [-0.1, -0.05) is 41.9 Å². The van der Waals surface area contributed by atoms with E-state index >= 15 is 0 Å². The van der Waals surface area contributed by atoms with Crippen LogP contribution in [0.15, 0.2) is 78.9 Å². The molecule has 0 aliphatic carbocycles. The summed E-state index contributed by atoms with van der Waals surface area (Å²) in [6, 6.07) is 22.8. The highest BCUT2D eigenvalue weighted by molar-refractivity contribution is 7.80. The van der Waals surface area contributed by atoms with Gasteiger partial charge in [0.05, 0.1) is 23.9 Å². The molecule has 0 atom stereocenters. The summed E-state index contributed by atoms with van der Waals surface area (Å²) < 4.78 is 5.08. The molecule has 3 N–H and O–H groups in total. The highest BCUT2D eigenvalue weighted by Gasteiger charge is 2.15. The van der Waals surface area contributed by atoms with Crippen molar-refractivity contribution in [1.29, 1.82) is 0 Å². The van der Waals surface area contributed by atoms with Crippen LogP contribution < -0.4 is 20.9 Å². The van der Waals surface area contributed by atoms with Crippen molar-refractivity contribution in [3.63, 3.8) is 0 Å². The number of hydrazine groups is 1. The van der Waals surface area contributed by atoms with Crippen molar-refractivity contribution >= 4 is 51.6 Å². The first-order chi connectivity index (χ1) is 16.4. The van der Waals surface area contributed by atoms with Gasteiger partial charge >= 0.3 is 0 Å². The third kappa shape index (κ3) is 5.31. The summed E-state index contributed by atoms with van der Waals surface area (Å²) in [6.45, 7) is 0. The molecule has 4 rings (SSSR count). The predicted molar refractivity (Wildman–Crippen MR) is 136 cm³/mol. The number of benzene rings is 3. The van der Waals surface area contributed by atoms with Crippen LogP contribution in [-0.2, 0) is 0 Å². The van der Waals surface area contributed by atoms with Crippen molar-refractivity contribution in [2.45, 2.75) is 0 Å². The van der Waals surface area contributed by atoms with E-state index in [1.54, 1.807) is 49.6 Å². The van der Waals surface area contributed by atoms with E-state index in [1.165, 1.54) is 0 Å². The summed E-state index contributed by atoms with van der Waals surface area (Å²) in [5.41, 5.74) is 7.89. The standard InChI is InChI=1S/C25H19ClN4O3S/c1-33-18-12-8-16(9-13-18)23(31)29-30-25(34)28-24(32)20-14-22(15-6-10-17(26)11-7-15)27-21-5-3-2-4-19(20)21/h2-14H,1H3,(H,29,31)(H2,28,30,32,34). The number of para-hydroxylation sites is 1. The fraction of sp³-hybridized carbons (Fsp3) is 0.0400. The van der Waals surface area contributed by atoms with Crippen LogP contribution in [0.3, 0.4) is 0 Å². The molecule has 0 aliphatic heterocycles. The minimum atomic E-state index is -0.440. The monoisotopic (exact) mass is 490 g/mol. The average Bonchev–Trinajstić information content (AvgIpc) is 2.87. The number of methoxy groups -OCH3 is 1. The van der Waals surface area contributed by atoms with Crippen molar-refractivity contribution in [3.8, 4) is 17.0 Å². The van der Waals surface area contributed by atoms with E-state index in [0.29, 0.717) is 38.5 Å². The van der Waals surface area contributed by atoms with E-state index < -0.39 is 11.8 Å². The molecule has 9 heteroatoms. The van der Waals surface area contributed by atoms with E-state index in [4.69, 9.17) is 28.6 Å². The van der Waals surface area contributed by atoms with E-state index in [0.717, 1.165) is 5.56 Å². The van der Waals surface area contributed by atoms with Crippen molar-refractivity contribution in [2.75, 3.05) is 7.11 Å². The molecule has 0 aliphatic rings. The number of hydrogen-bond acceptors (Lipinski definition) is 5. The molecule has 0 saturated carbocycles. The highest BCUT2D eigenvalue weighted by atomic mass is 35.5. The number of nitrogens with zero attached hydrogens (tertiary/aromatic N) is 1. The number of thiocarbonyl (C=S) groups is 1. The van der Waals surface area contributed by atoms with Gasteiger partial charge in [0.1, 0.15) is 5.75 Å². The smallest absolute Gasteiger partial charge is 0.269 e. The largest absolute Gasteiger partial charge is 0.497 e. The highest BCUT2D eigenvalue weighted by Crippen LogP contribution is 2.26. The summed E-state index contributed by atoms with van der Waals surface area (Å²) in [7, 11) is 1.54. The number of pyridine rings is 1. The number of hydrogen-bond donors (Lipinski definition) is 3. The Bertz CT molecular complexity index is 1380. The lowest BCUT2D eigenvalue weighted by Crippen LogP contribution is -2.48. The molecule has 7 nitrogen and oxygen atoms in total. The van der Waals surface area contributed by atoms with Gasteiger partial charge in [-0.25, -0.2) is 4.98 Å². The van der Waals surface area contributed by atoms with Gasteiger partial charge in [0, 0.05) is 21.5 Å². The average molecular weight is 491 g/mol. The molecule has 2 amide bonds. The summed E-state index contributed by atoms with van der Waals surface area (Å²) in [4.78, 5) is 30.0. The molecule has 0 radical (unpaired) electrons. The topological polar surface area (TPSA) is 92.4 Å². The van der Waals surface area contributed by atoms with E-state index in [1.807, 2.05) is 36.4 Å². The van der Waals surface area contributed by atoms with Crippen molar-refractivity contribution < 1.29 is 14.3 Å². The summed E-state index contributed by atoms with van der Waals surface area (Å²) >= 11 is 11.2. The molecule has 34 heavy (non-hydrogen) atoms. The number of ether oxygens (including phenoxy) is 1. The number of carbonyl (C=O) groups is 2. The molecular formula is C25H19ClN4O3S. The van der Waals surface area contributed by atoms with Gasteiger partial charge in [-0.05, 0) is 60.7 Å². The Labute approximate surface area is 206 Å². The molecule has 170 valence electrons. The molecule has 0 spiro atoms. The molecule has 1 aromatic heterocycles. The van der Waals surface area contributed by atoms with Gasteiger partial charge < -0.3 is 4.74 Å². The van der Waals surface area contributed by atoms with Gasteiger partial charge in [0.15, 0.2) is 5.11 Å². The first-order valence-corrected chi connectivity index (χ1v) is 10.9. The molecule has 0 bridgehead atoms. The molecule has 3 aromatic carbocycles. The Morgan fingerprint density at radius 3 is 2.32 bits per heavy atom. The molecule has 0 fully saturated rings. The lowest BCUT2D eigenvalue weighted by Gasteiger charge is -2.13. The fourth-order valence-corrected chi connectivity index (χ4v) is 3.53. The molecule has 4 aromatic rings. The maximum atomic E-state index is 13.1. The third-order valence-corrected chi connectivity index (χ3v) is 5.43. The predicted octanol–water partition coefficient (Wildman–Crippen LogP) is 4.51. The van der Waals surface area contributed by atoms with E-state index in [-0.39, 0.29) is 5.11 Å². The number of fused-ring (bicyclic) bond motifs is 1. The number of aromatic nitrogens is 1. The zero-order chi connectivity index (χ0) is 24.1. The maximum absolute atomic E-state index is 13.1. The van der Waals surface area contributed by atoms with Gasteiger partial charge in [0.25, 0.3) is 11.8 Å². The summed E-state index contributed by atoms with van der Waals surface area (Å²) in [5.74, 6) is -0.224.